The maximum absolute atomic E-state index is 12.5. The minimum absolute atomic E-state index is 0.338. The predicted molar refractivity (Wildman–Crippen MR) is 82.9 cm³/mol. The number of carbonyl (C=O) groups is 1. The molecule has 0 N–H and O–H groups in total. The van der Waals surface area contributed by atoms with Crippen LogP contribution in [0.2, 0.25) is 0 Å². The lowest BCUT2D eigenvalue weighted by atomic mass is 9.86. The second kappa shape index (κ2) is 6.20. The summed E-state index contributed by atoms with van der Waals surface area (Å²) in [4.78, 5) is 14.5. The Morgan fingerprint density at radius 2 is 2.05 bits per heavy atom. The number of aryl methyl sites for hydroxylation is 2. The molecule has 4 heteroatoms. The largest absolute Gasteiger partial charge is 0.336 e. The third-order valence-corrected chi connectivity index (χ3v) is 5.29. The maximum atomic E-state index is 12.5. The van der Waals surface area contributed by atoms with Crippen LogP contribution in [0.25, 0.3) is 0 Å². The van der Waals surface area contributed by atoms with Crippen molar-refractivity contribution in [3.63, 3.8) is 0 Å². The molecule has 1 aliphatic carbocycles. The zero-order valence-corrected chi connectivity index (χ0v) is 13.4. The molecule has 0 saturated heterocycles. The van der Waals surface area contributed by atoms with Crippen molar-refractivity contribution < 1.29 is 4.79 Å². The van der Waals surface area contributed by atoms with Gasteiger partial charge in [-0.2, -0.15) is 5.10 Å². The van der Waals surface area contributed by atoms with Crippen molar-refractivity contribution in [1.82, 2.24) is 14.7 Å². The van der Waals surface area contributed by atoms with Crippen LogP contribution < -0.4 is 0 Å². The minimum Gasteiger partial charge on any atom is -0.336 e. The normalized spacial score (nSPS) is 19.6. The fourth-order valence-corrected chi connectivity index (χ4v) is 3.95. The first-order chi connectivity index (χ1) is 10.1. The fraction of sp³-hybridized carbons (Fsp3) is 0.765. The van der Waals surface area contributed by atoms with E-state index in [0.717, 1.165) is 44.0 Å². The average molecular weight is 289 g/mol. The van der Waals surface area contributed by atoms with Gasteiger partial charge in [-0.15, -0.1) is 0 Å². The summed E-state index contributed by atoms with van der Waals surface area (Å²) in [5, 5.41) is 4.48. The fourth-order valence-electron chi connectivity index (χ4n) is 3.95. The third kappa shape index (κ3) is 3.14. The van der Waals surface area contributed by atoms with Crippen LogP contribution in [-0.4, -0.2) is 27.1 Å². The van der Waals surface area contributed by atoms with Crippen LogP contribution in [0.4, 0.5) is 0 Å². The topological polar surface area (TPSA) is 38.1 Å². The number of fused-ring (bicyclic) bond motifs is 1. The van der Waals surface area contributed by atoms with Crippen molar-refractivity contribution in [2.45, 2.75) is 64.8 Å². The van der Waals surface area contributed by atoms with Gasteiger partial charge in [-0.05, 0) is 31.2 Å². The van der Waals surface area contributed by atoms with Crippen molar-refractivity contribution in [2.24, 2.45) is 13.0 Å². The molecule has 4 nitrogen and oxygen atoms in total. The predicted octanol–water partition coefficient (Wildman–Crippen LogP) is 2.97. The van der Waals surface area contributed by atoms with E-state index < -0.39 is 0 Å². The molecular weight excluding hydrogens is 262 g/mol. The SMILES string of the molecule is Cc1nn(C)c2c1CCN(C(=O)CCC1CCCCC1)C2. The van der Waals surface area contributed by atoms with Gasteiger partial charge in [0.05, 0.1) is 17.9 Å². The molecule has 2 heterocycles. The smallest absolute Gasteiger partial charge is 0.222 e. The molecule has 0 unspecified atom stereocenters. The van der Waals surface area contributed by atoms with E-state index in [1.165, 1.54) is 43.4 Å². The monoisotopic (exact) mass is 289 g/mol. The Hall–Kier alpha value is -1.32. The zero-order chi connectivity index (χ0) is 14.8. The van der Waals surface area contributed by atoms with Gasteiger partial charge in [0.25, 0.3) is 0 Å². The molecule has 0 bridgehead atoms. The van der Waals surface area contributed by atoms with Gasteiger partial charge in [0, 0.05) is 20.0 Å². The highest BCUT2D eigenvalue weighted by Crippen LogP contribution is 2.28. The summed E-state index contributed by atoms with van der Waals surface area (Å²) in [6, 6.07) is 0. The summed E-state index contributed by atoms with van der Waals surface area (Å²) in [5.41, 5.74) is 3.71. The second-order valence-corrected chi connectivity index (χ2v) is 6.74. The number of carbonyl (C=O) groups excluding carboxylic acids is 1. The molecule has 2 aliphatic rings. The van der Waals surface area contributed by atoms with Crippen LogP contribution in [0.15, 0.2) is 0 Å². The molecule has 0 spiro atoms. The molecule has 0 atom stereocenters. The highest BCUT2D eigenvalue weighted by atomic mass is 16.2. The molecule has 116 valence electrons. The van der Waals surface area contributed by atoms with E-state index in [9.17, 15) is 4.79 Å². The van der Waals surface area contributed by atoms with E-state index in [-0.39, 0.29) is 0 Å². The van der Waals surface area contributed by atoms with Crippen LogP contribution in [0.5, 0.6) is 0 Å². The van der Waals surface area contributed by atoms with Gasteiger partial charge in [-0.1, -0.05) is 32.1 Å². The van der Waals surface area contributed by atoms with Crippen LogP contribution in [0.3, 0.4) is 0 Å². The molecule has 1 aromatic rings. The van der Waals surface area contributed by atoms with Gasteiger partial charge in [0.15, 0.2) is 0 Å². The molecule has 21 heavy (non-hydrogen) atoms. The summed E-state index contributed by atoms with van der Waals surface area (Å²) in [6.45, 7) is 3.68. The molecule has 3 rings (SSSR count). The lowest BCUT2D eigenvalue weighted by Gasteiger charge is -2.29. The molecular formula is C17H27N3O. The average Bonchev–Trinajstić information content (AvgIpc) is 2.80. The summed E-state index contributed by atoms with van der Waals surface area (Å²) in [6.07, 6.45) is 9.56. The Morgan fingerprint density at radius 3 is 2.81 bits per heavy atom. The summed E-state index contributed by atoms with van der Waals surface area (Å²) in [7, 11) is 1.99. The molecule has 1 fully saturated rings. The standard InChI is InChI=1S/C17H27N3O/c1-13-15-10-11-20(12-16(15)19(2)18-13)17(21)9-8-14-6-4-3-5-7-14/h14H,3-12H2,1-2H3. The van der Waals surface area contributed by atoms with Crippen LogP contribution in [-0.2, 0) is 24.8 Å². The minimum atomic E-state index is 0.338. The Morgan fingerprint density at radius 1 is 1.29 bits per heavy atom. The van der Waals surface area contributed by atoms with Gasteiger partial charge >= 0.3 is 0 Å². The number of rotatable bonds is 3. The van der Waals surface area contributed by atoms with Crippen molar-refractivity contribution in [1.29, 1.82) is 0 Å². The Kier molecular flexibility index (Phi) is 4.32. The number of amides is 1. The number of nitrogens with zero attached hydrogens (tertiary/aromatic N) is 3. The molecule has 1 aromatic heterocycles. The van der Waals surface area contributed by atoms with Crippen LogP contribution in [0, 0.1) is 12.8 Å². The molecule has 1 amide bonds. The Bertz CT molecular complexity index is 514. The Balaban J connectivity index is 1.55. The zero-order valence-electron chi connectivity index (χ0n) is 13.4. The molecule has 1 saturated carbocycles. The highest BCUT2D eigenvalue weighted by molar-refractivity contribution is 5.76. The van der Waals surface area contributed by atoms with Crippen LogP contribution >= 0.6 is 0 Å². The van der Waals surface area contributed by atoms with E-state index in [1.54, 1.807) is 0 Å². The van der Waals surface area contributed by atoms with Crippen LogP contribution in [0.1, 0.15) is 61.9 Å². The van der Waals surface area contributed by atoms with E-state index >= 15 is 0 Å². The summed E-state index contributed by atoms with van der Waals surface area (Å²) in [5.74, 6) is 1.13. The van der Waals surface area contributed by atoms with Gasteiger partial charge in [-0.25, -0.2) is 0 Å². The quantitative estimate of drug-likeness (QED) is 0.858. The lowest BCUT2D eigenvalue weighted by Crippen LogP contribution is -2.36. The summed E-state index contributed by atoms with van der Waals surface area (Å²) < 4.78 is 1.95. The molecule has 0 radical (unpaired) electrons. The lowest BCUT2D eigenvalue weighted by molar-refractivity contribution is -0.132. The van der Waals surface area contributed by atoms with E-state index in [0.29, 0.717) is 5.91 Å². The van der Waals surface area contributed by atoms with Gasteiger partial charge in [0.1, 0.15) is 0 Å². The highest BCUT2D eigenvalue weighted by Gasteiger charge is 2.25. The number of hydrogen-bond donors (Lipinski definition) is 0. The number of hydrogen-bond acceptors (Lipinski definition) is 2. The molecule has 1 aliphatic heterocycles. The van der Waals surface area contributed by atoms with Crippen molar-refractivity contribution in [2.75, 3.05) is 6.54 Å². The Labute approximate surface area is 127 Å². The first-order valence-electron chi connectivity index (χ1n) is 8.44. The first kappa shape index (κ1) is 14.6. The van der Waals surface area contributed by atoms with Crippen molar-refractivity contribution in [3.8, 4) is 0 Å². The molecule has 0 aromatic carbocycles. The summed E-state index contributed by atoms with van der Waals surface area (Å²) >= 11 is 0. The van der Waals surface area contributed by atoms with Crippen molar-refractivity contribution >= 4 is 5.91 Å². The van der Waals surface area contributed by atoms with E-state index in [4.69, 9.17) is 0 Å². The van der Waals surface area contributed by atoms with E-state index in [1.807, 2.05) is 16.6 Å². The van der Waals surface area contributed by atoms with Gasteiger partial charge in [0.2, 0.25) is 5.91 Å². The number of aromatic nitrogens is 2. The maximum Gasteiger partial charge on any atom is 0.222 e. The first-order valence-corrected chi connectivity index (χ1v) is 8.44. The van der Waals surface area contributed by atoms with Crippen molar-refractivity contribution in [3.05, 3.63) is 17.0 Å². The third-order valence-electron chi connectivity index (χ3n) is 5.29. The van der Waals surface area contributed by atoms with E-state index in [2.05, 4.69) is 12.0 Å². The second-order valence-electron chi connectivity index (χ2n) is 6.74. The van der Waals surface area contributed by atoms with Gasteiger partial charge < -0.3 is 4.90 Å². The van der Waals surface area contributed by atoms with Gasteiger partial charge in [-0.3, -0.25) is 9.48 Å².